The Balaban J connectivity index is 1.51. The number of methoxy groups -OCH3 is 1. The average molecular weight is 579 g/mol. The molecule has 0 spiro atoms. The molecule has 4 amide bonds. The molecule has 226 valence electrons. The van der Waals surface area contributed by atoms with E-state index in [1.165, 1.54) is 4.90 Å². The molecule has 2 aliphatic heterocycles. The Hall–Kier alpha value is -4.08. The van der Waals surface area contributed by atoms with Crippen LogP contribution in [0.25, 0.3) is 0 Å². The number of hydrogen-bond donors (Lipinski definition) is 3. The first-order valence-corrected chi connectivity index (χ1v) is 14.8. The molecule has 2 aromatic carbocycles. The number of carbonyl (C=O) groups excluding carboxylic acids is 4. The Morgan fingerprint density at radius 3 is 2.71 bits per heavy atom. The van der Waals surface area contributed by atoms with Crippen LogP contribution in [0.15, 0.2) is 48.5 Å². The van der Waals surface area contributed by atoms with Crippen molar-refractivity contribution in [3.05, 3.63) is 59.7 Å². The van der Waals surface area contributed by atoms with Crippen molar-refractivity contribution < 1.29 is 28.7 Å². The van der Waals surface area contributed by atoms with E-state index in [4.69, 9.17) is 9.47 Å². The standard InChI is InChI=1S/C32H42N4O6/c1-21(2)17-23-20-42-28-14-5-4-12-25(28)30(38)35-26(19-29(37)36-16-8-13-27(36)32(40)34-23)31(39)33-15-7-10-22-9-6-11-24(18-22)41-3/h4-6,9,11-12,14,18,21,23,26-27H,7-8,10,13,15-17,19-20H2,1-3H3,(H,33,39)(H,34,40)(H,35,38)/t23-,26-,27+/m0/s1. The maximum atomic E-state index is 13.5. The van der Waals surface area contributed by atoms with Crippen LogP contribution in [0.5, 0.6) is 11.5 Å². The van der Waals surface area contributed by atoms with E-state index in [0.717, 1.165) is 17.7 Å². The van der Waals surface area contributed by atoms with Gasteiger partial charge in [0.1, 0.15) is 30.2 Å². The Morgan fingerprint density at radius 1 is 1.12 bits per heavy atom. The molecule has 0 aromatic heterocycles. The second-order valence-electron chi connectivity index (χ2n) is 11.4. The van der Waals surface area contributed by atoms with Crippen molar-refractivity contribution in [3.8, 4) is 11.5 Å². The van der Waals surface area contributed by atoms with Crippen LogP contribution >= 0.6 is 0 Å². The lowest BCUT2D eigenvalue weighted by Crippen LogP contribution is -2.53. The number of nitrogens with one attached hydrogen (secondary N) is 3. The SMILES string of the molecule is COc1cccc(CCCNC(=O)[C@@H]2CC(=O)N3CCC[C@@H]3C(=O)N[C@@H](CC(C)C)COc3ccccc3C(=O)N2)c1. The van der Waals surface area contributed by atoms with Crippen molar-refractivity contribution in [1.29, 1.82) is 0 Å². The van der Waals surface area contributed by atoms with E-state index < -0.39 is 23.9 Å². The topological polar surface area (TPSA) is 126 Å². The molecule has 0 aliphatic carbocycles. The summed E-state index contributed by atoms with van der Waals surface area (Å²) >= 11 is 0. The fourth-order valence-corrected chi connectivity index (χ4v) is 5.54. The van der Waals surface area contributed by atoms with Gasteiger partial charge in [-0.05, 0) is 67.9 Å². The Bertz CT molecular complexity index is 1270. The average Bonchev–Trinajstić information content (AvgIpc) is 3.48. The zero-order chi connectivity index (χ0) is 30.1. The van der Waals surface area contributed by atoms with Gasteiger partial charge in [-0.2, -0.15) is 0 Å². The molecule has 10 heteroatoms. The van der Waals surface area contributed by atoms with Gasteiger partial charge in [0.2, 0.25) is 17.7 Å². The van der Waals surface area contributed by atoms with Gasteiger partial charge < -0.3 is 30.3 Å². The first-order valence-electron chi connectivity index (χ1n) is 14.8. The van der Waals surface area contributed by atoms with Crippen LogP contribution in [0.1, 0.15) is 61.9 Å². The number of hydrogen-bond acceptors (Lipinski definition) is 6. The van der Waals surface area contributed by atoms with Gasteiger partial charge in [0.25, 0.3) is 5.91 Å². The van der Waals surface area contributed by atoms with Crippen molar-refractivity contribution in [2.45, 2.75) is 70.5 Å². The summed E-state index contributed by atoms with van der Waals surface area (Å²) in [5.41, 5.74) is 1.34. The largest absolute Gasteiger partial charge is 0.497 e. The molecule has 0 unspecified atom stereocenters. The number of benzene rings is 2. The minimum Gasteiger partial charge on any atom is -0.497 e. The van der Waals surface area contributed by atoms with E-state index in [1.807, 2.05) is 24.3 Å². The molecule has 0 saturated carbocycles. The predicted molar refractivity (Wildman–Crippen MR) is 158 cm³/mol. The number of amides is 4. The van der Waals surface area contributed by atoms with E-state index in [9.17, 15) is 19.2 Å². The van der Waals surface area contributed by atoms with Crippen LogP contribution in [0.2, 0.25) is 0 Å². The maximum absolute atomic E-state index is 13.5. The molecule has 3 N–H and O–H groups in total. The quantitative estimate of drug-likeness (QED) is 0.414. The van der Waals surface area contributed by atoms with Crippen LogP contribution in [-0.4, -0.2) is 73.5 Å². The number of aryl methyl sites for hydroxylation is 1. The molecule has 4 rings (SSSR count). The van der Waals surface area contributed by atoms with Gasteiger partial charge in [0, 0.05) is 13.1 Å². The Kier molecular flexibility index (Phi) is 10.8. The zero-order valence-electron chi connectivity index (χ0n) is 24.7. The fourth-order valence-electron chi connectivity index (χ4n) is 5.54. The summed E-state index contributed by atoms with van der Waals surface area (Å²) in [5, 5.41) is 8.73. The second kappa shape index (κ2) is 14.7. The maximum Gasteiger partial charge on any atom is 0.255 e. The first kappa shape index (κ1) is 30.9. The van der Waals surface area contributed by atoms with E-state index in [-0.39, 0.29) is 36.4 Å². The molecule has 10 nitrogen and oxygen atoms in total. The zero-order valence-corrected chi connectivity index (χ0v) is 24.7. The highest BCUT2D eigenvalue weighted by Gasteiger charge is 2.37. The summed E-state index contributed by atoms with van der Waals surface area (Å²) in [6.07, 6.45) is 3.05. The van der Waals surface area contributed by atoms with Gasteiger partial charge in [0.15, 0.2) is 0 Å². The molecule has 1 fully saturated rings. The molecular formula is C32H42N4O6. The third-order valence-corrected chi connectivity index (χ3v) is 7.63. The Morgan fingerprint density at radius 2 is 1.93 bits per heavy atom. The minimum atomic E-state index is -1.11. The van der Waals surface area contributed by atoms with Crippen LogP contribution in [0, 0.1) is 5.92 Å². The van der Waals surface area contributed by atoms with Gasteiger partial charge in [-0.3, -0.25) is 19.2 Å². The van der Waals surface area contributed by atoms with E-state index in [0.29, 0.717) is 50.4 Å². The summed E-state index contributed by atoms with van der Waals surface area (Å²) in [4.78, 5) is 55.1. The van der Waals surface area contributed by atoms with E-state index >= 15 is 0 Å². The number of fused-ring (bicyclic) bond motifs is 2. The minimum absolute atomic E-state index is 0.173. The second-order valence-corrected chi connectivity index (χ2v) is 11.4. The fraction of sp³-hybridized carbons (Fsp3) is 0.500. The highest BCUT2D eigenvalue weighted by molar-refractivity contribution is 6.01. The number of para-hydroxylation sites is 1. The summed E-state index contributed by atoms with van der Waals surface area (Å²) in [6, 6.07) is 12.5. The number of ether oxygens (including phenoxy) is 2. The summed E-state index contributed by atoms with van der Waals surface area (Å²) in [5.74, 6) is -0.103. The first-order chi connectivity index (χ1) is 20.2. The summed E-state index contributed by atoms with van der Waals surface area (Å²) < 4.78 is 11.3. The highest BCUT2D eigenvalue weighted by atomic mass is 16.5. The molecule has 2 aromatic rings. The van der Waals surface area contributed by atoms with Crippen LogP contribution in [-0.2, 0) is 20.8 Å². The third-order valence-electron chi connectivity index (χ3n) is 7.63. The third kappa shape index (κ3) is 8.24. The van der Waals surface area contributed by atoms with Gasteiger partial charge in [0.05, 0.1) is 25.1 Å². The predicted octanol–water partition coefficient (Wildman–Crippen LogP) is 2.85. The van der Waals surface area contributed by atoms with Crippen LogP contribution in [0.4, 0.5) is 0 Å². The van der Waals surface area contributed by atoms with Crippen molar-refractivity contribution in [3.63, 3.8) is 0 Å². The Labute approximate surface area is 247 Å². The van der Waals surface area contributed by atoms with Gasteiger partial charge in [-0.1, -0.05) is 38.1 Å². The lowest BCUT2D eigenvalue weighted by atomic mass is 10.0. The summed E-state index contributed by atoms with van der Waals surface area (Å²) in [7, 11) is 1.62. The molecule has 0 bridgehead atoms. The lowest BCUT2D eigenvalue weighted by Gasteiger charge is -2.29. The number of nitrogens with zero attached hydrogens (tertiary/aromatic N) is 1. The molecular weight excluding hydrogens is 536 g/mol. The lowest BCUT2D eigenvalue weighted by molar-refractivity contribution is -0.140. The molecule has 3 atom stereocenters. The van der Waals surface area contributed by atoms with Gasteiger partial charge in [-0.15, -0.1) is 0 Å². The number of carbonyl (C=O) groups is 4. The monoisotopic (exact) mass is 578 g/mol. The van der Waals surface area contributed by atoms with Crippen molar-refractivity contribution in [2.75, 3.05) is 26.8 Å². The van der Waals surface area contributed by atoms with Gasteiger partial charge in [-0.25, -0.2) is 0 Å². The smallest absolute Gasteiger partial charge is 0.255 e. The normalized spacial score (nSPS) is 21.4. The van der Waals surface area contributed by atoms with E-state index in [1.54, 1.807) is 31.4 Å². The number of rotatable bonds is 8. The van der Waals surface area contributed by atoms with Crippen LogP contribution in [0.3, 0.4) is 0 Å². The molecule has 2 heterocycles. The summed E-state index contributed by atoms with van der Waals surface area (Å²) in [6.45, 7) is 5.09. The van der Waals surface area contributed by atoms with Crippen molar-refractivity contribution >= 4 is 23.6 Å². The van der Waals surface area contributed by atoms with Crippen molar-refractivity contribution in [2.24, 2.45) is 5.92 Å². The van der Waals surface area contributed by atoms with Crippen LogP contribution < -0.4 is 25.4 Å². The molecule has 42 heavy (non-hydrogen) atoms. The van der Waals surface area contributed by atoms with Crippen molar-refractivity contribution in [1.82, 2.24) is 20.9 Å². The van der Waals surface area contributed by atoms with E-state index in [2.05, 4.69) is 29.8 Å². The molecule has 0 radical (unpaired) electrons. The molecule has 1 saturated heterocycles. The molecule has 2 aliphatic rings. The van der Waals surface area contributed by atoms with Gasteiger partial charge >= 0.3 is 0 Å². The highest BCUT2D eigenvalue weighted by Crippen LogP contribution is 2.23.